The van der Waals surface area contributed by atoms with Crippen LogP contribution in [-0.2, 0) is 28.9 Å². The van der Waals surface area contributed by atoms with Crippen molar-refractivity contribution in [2.24, 2.45) is 0 Å². The molecule has 33 heavy (non-hydrogen) atoms. The summed E-state index contributed by atoms with van der Waals surface area (Å²) in [5, 5.41) is 0.490. The molecule has 2 aliphatic rings. The molecule has 2 atom stereocenters. The maximum absolute atomic E-state index is 13.1. The maximum atomic E-state index is 13.1. The number of aryl methyl sites for hydroxylation is 1. The van der Waals surface area contributed by atoms with Gasteiger partial charge in [-0.25, -0.2) is 9.78 Å². The van der Waals surface area contributed by atoms with Crippen molar-refractivity contribution in [2.75, 3.05) is 4.90 Å². The molecule has 0 saturated heterocycles. The number of nitrogens with zero attached hydrogens (tertiary/aromatic N) is 3. The minimum absolute atomic E-state index is 0.00385. The highest BCUT2D eigenvalue weighted by Gasteiger charge is 2.34. The van der Waals surface area contributed by atoms with Gasteiger partial charge in [-0.3, -0.25) is 14.2 Å². The maximum Gasteiger partial charge on any atom is 0.338 e. The minimum atomic E-state index is -0.938. The molecule has 5 rings (SSSR count). The van der Waals surface area contributed by atoms with E-state index in [1.165, 1.54) is 0 Å². The van der Waals surface area contributed by atoms with Crippen LogP contribution in [0.2, 0.25) is 0 Å². The van der Waals surface area contributed by atoms with Gasteiger partial charge in [0.15, 0.2) is 6.10 Å². The Balaban J connectivity index is 1.38. The molecule has 1 amide bonds. The van der Waals surface area contributed by atoms with Crippen LogP contribution in [0.5, 0.6) is 0 Å². The molecule has 0 N–H and O–H groups in total. The van der Waals surface area contributed by atoms with Gasteiger partial charge in [-0.2, -0.15) is 0 Å². The van der Waals surface area contributed by atoms with Crippen LogP contribution in [0.25, 0.3) is 10.9 Å². The van der Waals surface area contributed by atoms with Crippen molar-refractivity contribution in [3.8, 4) is 0 Å². The first-order valence-electron chi connectivity index (χ1n) is 11.6. The van der Waals surface area contributed by atoms with Gasteiger partial charge in [0.25, 0.3) is 11.5 Å². The lowest BCUT2D eigenvalue weighted by Gasteiger charge is -2.26. The molecule has 3 heterocycles. The summed E-state index contributed by atoms with van der Waals surface area (Å²) < 4.78 is 7.30. The molecule has 3 aromatic rings. The van der Waals surface area contributed by atoms with Crippen LogP contribution in [0.4, 0.5) is 5.69 Å². The number of para-hydroxylation sites is 1. The molecule has 170 valence electrons. The summed E-state index contributed by atoms with van der Waals surface area (Å²) >= 11 is 0. The van der Waals surface area contributed by atoms with Crippen molar-refractivity contribution in [3.63, 3.8) is 0 Å². The number of hydrogen-bond acceptors (Lipinski definition) is 5. The first kappa shape index (κ1) is 21.4. The van der Waals surface area contributed by atoms with Crippen molar-refractivity contribution in [3.05, 3.63) is 69.8 Å². The third-order valence-electron chi connectivity index (χ3n) is 6.63. The third kappa shape index (κ3) is 3.81. The minimum Gasteiger partial charge on any atom is -0.449 e. The van der Waals surface area contributed by atoms with Gasteiger partial charge in [-0.05, 0) is 62.9 Å². The number of fused-ring (bicyclic) bond motifs is 3. The Morgan fingerprint density at radius 1 is 1.12 bits per heavy atom. The number of carbonyl (C=O) groups excluding carboxylic acids is 2. The summed E-state index contributed by atoms with van der Waals surface area (Å²) in [6.45, 7) is 4.26. The number of ether oxygens (including phenoxy) is 1. The normalized spacial score (nSPS) is 18.4. The summed E-state index contributed by atoms with van der Waals surface area (Å²) in [6.07, 6.45) is 3.63. The number of amides is 1. The van der Waals surface area contributed by atoms with E-state index in [2.05, 4.69) is 4.98 Å². The lowest BCUT2D eigenvalue weighted by Crippen LogP contribution is -2.43. The van der Waals surface area contributed by atoms with Gasteiger partial charge in [0.05, 0.1) is 16.5 Å². The zero-order chi connectivity index (χ0) is 23.1. The van der Waals surface area contributed by atoms with E-state index in [0.717, 1.165) is 49.2 Å². The molecule has 0 radical (unpaired) electrons. The second-order valence-electron chi connectivity index (χ2n) is 8.97. The van der Waals surface area contributed by atoms with Crippen molar-refractivity contribution >= 4 is 28.5 Å². The van der Waals surface area contributed by atoms with E-state index in [-0.39, 0.29) is 23.1 Å². The van der Waals surface area contributed by atoms with Gasteiger partial charge in [-0.15, -0.1) is 0 Å². The highest BCUT2D eigenvalue weighted by molar-refractivity contribution is 6.01. The fraction of sp³-hybridized carbons (Fsp3) is 0.385. The fourth-order valence-electron chi connectivity index (χ4n) is 4.92. The van der Waals surface area contributed by atoms with Crippen LogP contribution in [0.15, 0.2) is 47.3 Å². The van der Waals surface area contributed by atoms with Crippen LogP contribution in [-0.4, -0.2) is 33.6 Å². The Labute approximate surface area is 192 Å². The van der Waals surface area contributed by atoms with Gasteiger partial charge in [0.2, 0.25) is 0 Å². The fourth-order valence-corrected chi connectivity index (χ4v) is 4.92. The Morgan fingerprint density at radius 3 is 2.79 bits per heavy atom. The van der Waals surface area contributed by atoms with Gasteiger partial charge < -0.3 is 9.64 Å². The molecular formula is C26H27N3O4. The topological polar surface area (TPSA) is 81.5 Å². The van der Waals surface area contributed by atoms with Gasteiger partial charge in [0, 0.05) is 24.7 Å². The zero-order valence-electron chi connectivity index (χ0n) is 18.9. The van der Waals surface area contributed by atoms with E-state index in [0.29, 0.717) is 17.4 Å². The van der Waals surface area contributed by atoms with Gasteiger partial charge in [-0.1, -0.05) is 24.6 Å². The predicted octanol–water partition coefficient (Wildman–Crippen LogP) is 3.65. The Kier molecular flexibility index (Phi) is 5.48. The highest BCUT2D eigenvalue weighted by atomic mass is 16.5. The summed E-state index contributed by atoms with van der Waals surface area (Å²) in [5.74, 6) is -0.0845. The van der Waals surface area contributed by atoms with Crippen LogP contribution in [0.3, 0.4) is 0 Å². The Bertz CT molecular complexity index is 1310. The first-order valence-corrected chi connectivity index (χ1v) is 11.6. The number of anilines is 1. The lowest BCUT2D eigenvalue weighted by atomic mass is 10.1. The van der Waals surface area contributed by atoms with E-state index in [1.54, 1.807) is 34.6 Å². The second-order valence-corrected chi connectivity index (χ2v) is 8.97. The number of hydrogen-bond donors (Lipinski definition) is 0. The van der Waals surface area contributed by atoms with E-state index in [9.17, 15) is 14.4 Å². The zero-order valence-corrected chi connectivity index (χ0v) is 18.9. The van der Waals surface area contributed by atoms with Crippen LogP contribution < -0.4 is 10.5 Å². The molecular weight excluding hydrogens is 418 g/mol. The average molecular weight is 446 g/mol. The SMILES string of the molecule is C[C@@H]1Cc2ccccc2N1C(=O)[C@@H](C)OC(=O)c1ccc2c(=O)n3c(nc2c1)CCCCC3. The van der Waals surface area contributed by atoms with E-state index in [4.69, 9.17) is 4.74 Å². The average Bonchev–Trinajstić information content (AvgIpc) is 2.97. The lowest BCUT2D eigenvalue weighted by molar-refractivity contribution is -0.126. The quantitative estimate of drug-likeness (QED) is 0.575. The molecule has 7 heteroatoms. The van der Waals surface area contributed by atoms with E-state index >= 15 is 0 Å². The third-order valence-corrected chi connectivity index (χ3v) is 6.63. The predicted molar refractivity (Wildman–Crippen MR) is 126 cm³/mol. The Hall–Kier alpha value is -3.48. The molecule has 0 bridgehead atoms. The molecule has 0 fully saturated rings. The number of esters is 1. The van der Waals surface area contributed by atoms with Crippen molar-refractivity contribution in [1.29, 1.82) is 0 Å². The number of aromatic nitrogens is 2. The van der Waals surface area contributed by atoms with E-state index in [1.807, 2.05) is 31.2 Å². The number of benzene rings is 2. The smallest absolute Gasteiger partial charge is 0.338 e. The van der Waals surface area contributed by atoms with Gasteiger partial charge in [0.1, 0.15) is 5.82 Å². The molecule has 7 nitrogen and oxygen atoms in total. The number of carbonyl (C=O) groups is 2. The number of rotatable bonds is 3. The summed E-state index contributed by atoms with van der Waals surface area (Å²) in [6, 6.07) is 12.6. The summed E-state index contributed by atoms with van der Waals surface area (Å²) in [5.41, 5.74) is 2.69. The molecule has 0 aliphatic carbocycles. The Morgan fingerprint density at radius 2 is 1.94 bits per heavy atom. The highest BCUT2D eigenvalue weighted by Crippen LogP contribution is 2.32. The molecule has 2 aliphatic heterocycles. The standard InChI is InChI=1S/C26H27N3O4/c1-16-14-18-8-5-6-9-22(18)29(16)24(30)17(2)33-26(32)19-11-12-20-21(15-19)27-23-10-4-3-7-13-28(23)25(20)31/h5-6,8-9,11-12,15-17H,3-4,7,10,13-14H2,1-2H3/t16-,17-/m1/s1. The van der Waals surface area contributed by atoms with Crippen molar-refractivity contribution in [2.45, 2.75) is 64.6 Å². The van der Waals surface area contributed by atoms with Crippen LogP contribution in [0, 0.1) is 0 Å². The second kappa shape index (κ2) is 8.46. The summed E-state index contributed by atoms with van der Waals surface area (Å²) in [7, 11) is 0. The molecule has 0 spiro atoms. The molecule has 0 unspecified atom stereocenters. The van der Waals surface area contributed by atoms with Gasteiger partial charge >= 0.3 is 5.97 Å². The van der Waals surface area contributed by atoms with E-state index < -0.39 is 12.1 Å². The molecule has 0 saturated carbocycles. The van der Waals surface area contributed by atoms with Crippen molar-refractivity contribution in [1.82, 2.24) is 9.55 Å². The van der Waals surface area contributed by atoms with Crippen LogP contribution in [0.1, 0.15) is 54.9 Å². The molecule has 2 aromatic carbocycles. The van der Waals surface area contributed by atoms with Crippen molar-refractivity contribution < 1.29 is 14.3 Å². The summed E-state index contributed by atoms with van der Waals surface area (Å²) in [4.78, 5) is 45.3. The largest absolute Gasteiger partial charge is 0.449 e. The van der Waals surface area contributed by atoms with Crippen LogP contribution >= 0.6 is 0 Å². The molecule has 1 aromatic heterocycles. The first-order chi connectivity index (χ1) is 15.9. The monoisotopic (exact) mass is 445 g/mol.